The molecule has 20 heavy (non-hydrogen) atoms. The molecule has 0 saturated heterocycles. The number of para-hydroxylation sites is 1. The fourth-order valence-corrected chi connectivity index (χ4v) is 1.65. The van der Waals surface area contributed by atoms with Crippen molar-refractivity contribution in [1.82, 2.24) is 5.32 Å². The summed E-state index contributed by atoms with van der Waals surface area (Å²) in [5.74, 6) is -0.0927. The van der Waals surface area contributed by atoms with Crippen LogP contribution in [0.4, 0.5) is 0 Å². The average Bonchev–Trinajstić information content (AvgIpc) is 2.98. The molecule has 0 unspecified atom stereocenters. The van der Waals surface area contributed by atoms with Gasteiger partial charge in [0.2, 0.25) is 5.78 Å². The third-order valence-corrected chi connectivity index (χ3v) is 2.75. The Kier molecular flexibility index (Phi) is 4.79. The normalized spacial score (nSPS) is 10.1. The third kappa shape index (κ3) is 3.86. The third-order valence-electron chi connectivity index (χ3n) is 2.44. The minimum absolute atomic E-state index is 0.141. The molecule has 0 saturated carbocycles. The molecule has 104 valence electrons. The fraction of sp³-hybridized carbons (Fsp3) is 0.143. The van der Waals surface area contributed by atoms with Crippen LogP contribution in [0, 0.1) is 0 Å². The van der Waals surface area contributed by atoms with Crippen molar-refractivity contribution in [3.05, 3.63) is 53.4 Å². The van der Waals surface area contributed by atoms with Crippen LogP contribution in [0.2, 0.25) is 5.02 Å². The van der Waals surface area contributed by atoms with E-state index in [1.54, 1.807) is 30.3 Å². The zero-order valence-corrected chi connectivity index (χ0v) is 11.2. The predicted octanol–water partition coefficient (Wildman–Crippen LogP) is 2.31. The van der Waals surface area contributed by atoms with Crippen LogP contribution in [0.25, 0.3) is 0 Å². The summed E-state index contributed by atoms with van der Waals surface area (Å²) in [5.41, 5.74) is 0. The van der Waals surface area contributed by atoms with E-state index >= 15 is 0 Å². The van der Waals surface area contributed by atoms with Crippen LogP contribution in [-0.4, -0.2) is 24.8 Å². The molecule has 0 aliphatic heterocycles. The molecule has 0 aliphatic rings. The summed E-state index contributed by atoms with van der Waals surface area (Å²) >= 11 is 5.88. The molecule has 0 atom stereocenters. The first-order valence-corrected chi connectivity index (χ1v) is 6.25. The topological polar surface area (TPSA) is 68.5 Å². The molecule has 0 aliphatic carbocycles. The first-order chi connectivity index (χ1) is 9.66. The fourth-order valence-electron chi connectivity index (χ4n) is 1.46. The van der Waals surface area contributed by atoms with Gasteiger partial charge < -0.3 is 14.5 Å². The number of hydrogen-bond donors (Lipinski definition) is 1. The maximum absolute atomic E-state index is 11.6. The van der Waals surface area contributed by atoms with Crippen molar-refractivity contribution in [2.75, 3.05) is 13.2 Å². The summed E-state index contributed by atoms with van der Waals surface area (Å²) in [7, 11) is 0. The Bertz CT molecular complexity index is 595. The number of Topliss-reactive ketones (excluding diaryl/α,β-unsaturated/α-hetero) is 1. The van der Waals surface area contributed by atoms with Crippen LogP contribution in [0.3, 0.4) is 0 Å². The van der Waals surface area contributed by atoms with Gasteiger partial charge in [-0.25, -0.2) is 0 Å². The monoisotopic (exact) mass is 293 g/mol. The quantitative estimate of drug-likeness (QED) is 0.830. The summed E-state index contributed by atoms with van der Waals surface area (Å²) in [5, 5.41) is 2.87. The second-order valence-corrected chi connectivity index (χ2v) is 4.30. The number of hydrogen-bond acceptors (Lipinski definition) is 4. The Labute approximate surface area is 120 Å². The van der Waals surface area contributed by atoms with Gasteiger partial charge in [0.1, 0.15) is 5.75 Å². The molecule has 0 radical (unpaired) electrons. The van der Waals surface area contributed by atoms with Crippen LogP contribution in [0.1, 0.15) is 10.6 Å². The molecule has 0 bridgehead atoms. The number of carbonyl (C=O) groups is 2. The molecule has 1 amide bonds. The summed E-state index contributed by atoms with van der Waals surface area (Å²) in [6.45, 7) is -0.354. The van der Waals surface area contributed by atoms with E-state index in [1.807, 2.05) is 0 Å². The van der Waals surface area contributed by atoms with Crippen molar-refractivity contribution in [3.8, 4) is 5.75 Å². The van der Waals surface area contributed by atoms with E-state index in [-0.39, 0.29) is 24.7 Å². The van der Waals surface area contributed by atoms with Crippen molar-refractivity contribution in [3.63, 3.8) is 0 Å². The number of ether oxygens (including phenoxy) is 1. The molecule has 6 heteroatoms. The van der Waals surface area contributed by atoms with E-state index in [9.17, 15) is 9.59 Å². The summed E-state index contributed by atoms with van der Waals surface area (Å²) < 4.78 is 10.2. The molecule has 1 N–H and O–H groups in total. The van der Waals surface area contributed by atoms with Crippen LogP contribution >= 0.6 is 11.6 Å². The Balaban J connectivity index is 1.76. The lowest BCUT2D eigenvalue weighted by Crippen LogP contribution is -2.33. The molecule has 1 aromatic carbocycles. The van der Waals surface area contributed by atoms with Crippen LogP contribution in [-0.2, 0) is 4.79 Å². The molecular weight excluding hydrogens is 282 g/mol. The highest BCUT2D eigenvalue weighted by Gasteiger charge is 2.11. The Hall–Kier alpha value is -2.27. The number of halogens is 1. The lowest BCUT2D eigenvalue weighted by molar-refractivity contribution is -0.122. The highest BCUT2D eigenvalue weighted by molar-refractivity contribution is 6.32. The van der Waals surface area contributed by atoms with Crippen LogP contribution < -0.4 is 10.1 Å². The van der Waals surface area contributed by atoms with Crippen molar-refractivity contribution in [1.29, 1.82) is 0 Å². The molecule has 2 rings (SSSR count). The summed E-state index contributed by atoms with van der Waals surface area (Å²) in [4.78, 5) is 23.1. The Morgan fingerprint density at radius 2 is 2.00 bits per heavy atom. The number of rotatable bonds is 6. The van der Waals surface area contributed by atoms with Gasteiger partial charge in [-0.05, 0) is 24.3 Å². The highest BCUT2D eigenvalue weighted by atomic mass is 35.5. The van der Waals surface area contributed by atoms with Crippen LogP contribution in [0.15, 0.2) is 47.1 Å². The first kappa shape index (κ1) is 14.1. The molecule has 1 aromatic heterocycles. The maximum atomic E-state index is 11.6. The highest BCUT2D eigenvalue weighted by Crippen LogP contribution is 2.22. The van der Waals surface area contributed by atoms with Crippen molar-refractivity contribution >= 4 is 23.3 Å². The first-order valence-electron chi connectivity index (χ1n) is 5.87. The van der Waals surface area contributed by atoms with Gasteiger partial charge in [0.25, 0.3) is 5.91 Å². The number of ketones is 1. The van der Waals surface area contributed by atoms with Gasteiger partial charge >= 0.3 is 0 Å². The zero-order chi connectivity index (χ0) is 14.4. The second kappa shape index (κ2) is 6.77. The lowest BCUT2D eigenvalue weighted by atomic mass is 10.3. The van der Waals surface area contributed by atoms with E-state index in [0.717, 1.165) is 0 Å². The second-order valence-electron chi connectivity index (χ2n) is 3.90. The van der Waals surface area contributed by atoms with Crippen molar-refractivity contribution in [2.45, 2.75) is 0 Å². The SMILES string of the molecule is O=C(COc1ccccc1Cl)NCC(=O)c1ccco1. The summed E-state index contributed by atoms with van der Waals surface area (Å²) in [6.07, 6.45) is 1.40. The molecule has 2 aromatic rings. The molecule has 0 spiro atoms. The summed E-state index contributed by atoms with van der Waals surface area (Å²) in [6, 6.07) is 9.97. The smallest absolute Gasteiger partial charge is 0.258 e. The van der Waals surface area contributed by atoms with E-state index in [1.165, 1.54) is 12.3 Å². The van der Waals surface area contributed by atoms with Crippen LogP contribution in [0.5, 0.6) is 5.75 Å². The van der Waals surface area contributed by atoms with Gasteiger partial charge in [0.15, 0.2) is 12.4 Å². The van der Waals surface area contributed by atoms with Gasteiger partial charge in [-0.1, -0.05) is 23.7 Å². The van der Waals surface area contributed by atoms with Crippen molar-refractivity contribution in [2.24, 2.45) is 0 Å². The number of amides is 1. The number of furan rings is 1. The molecule has 0 fully saturated rings. The number of nitrogens with one attached hydrogen (secondary N) is 1. The van der Waals surface area contributed by atoms with Gasteiger partial charge in [-0.15, -0.1) is 0 Å². The Morgan fingerprint density at radius 1 is 1.20 bits per heavy atom. The predicted molar refractivity (Wildman–Crippen MR) is 73.0 cm³/mol. The molecular formula is C14H12ClNO4. The van der Waals surface area contributed by atoms with E-state index in [4.69, 9.17) is 20.8 Å². The maximum Gasteiger partial charge on any atom is 0.258 e. The Morgan fingerprint density at radius 3 is 2.70 bits per heavy atom. The lowest BCUT2D eigenvalue weighted by Gasteiger charge is -2.07. The minimum Gasteiger partial charge on any atom is -0.482 e. The average molecular weight is 294 g/mol. The number of carbonyl (C=O) groups excluding carboxylic acids is 2. The minimum atomic E-state index is -0.412. The van der Waals surface area contributed by atoms with Gasteiger partial charge in [-0.2, -0.15) is 0 Å². The zero-order valence-electron chi connectivity index (χ0n) is 10.5. The van der Waals surface area contributed by atoms with Gasteiger partial charge in [0.05, 0.1) is 17.8 Å². The standard InChI is InChI=1S/C14H12ClNO4/c15-10-4-1-2-5-12(10)20-9-14(18)16-8-11(17)13-6-3-7-19-13/h1-7H,8-9H2,(H,16,18). The molecule has 1 heterocycles. The van der Waals surface area contributed by atoms with Gasteiger partial charge in [0, 0.05) is 0 Å². The number of benzene rings is 1. The van der Waals surface area contributed by atoms with Crippen molar-refractivity contribution < 1.29 is 18.7 Å². The van der Waals surface area contributed by atoms with E-state index in [0.29, 0.717) is 10.8 Å². The van der Waals surface area contributed by atoms with E-state index < -0.39 is 5.91 Å². The van der Waals surface area contributed by atoms with E-state index in [2.05, 4.69) is 5.32 Å². The largest absolute Gasteiger partial charge is 0.482 e. The molecule has 5 nitrogen and oxygen atoms in total. The van der Waals surface area contributed by atoms with Gasteiger partial charge in [-0.3, -0.25) is 9.59 Å².